The van der Waals surface area contributed by atoms with Gasteiger partial charge in [0.2, 0.25) is 0 Å². The Balaban J connectivity index is 1.77. The number of carboxylic acid groups (broad SMARTS) is 1. The van der Waals surface area contributed by atoms with Crippen LogP contribution >= 0.6 is 0 Å². The second-order valence-corrected chi connectivity index (χ2v) is 5.14. The normalized spacial score (nSPS) is 14.5. The molecule has 2 N–H and O–H groups in total. The van der Waals surface area contributed by atoms with E-state index in [-0.39, 0.29) is 5.56 Å². The molecule has 1 aliphatic heterocycles. The molecule has 3 heterocycles. The molecule has 2 aromatic rings. The third kappa shape index (κ3) is 3.57. The Morgan fingerprint density at radius 2 is 1.96 bits per heavy atom. The van der Waals surface area contributed by atoms with Crippen molar-refractivity contribution in [2.24, 2.45) is 0 Å². The number of nitrogens with one attached hydrogen (secondary N) is 1. The zero-order valence-corrected chi connectivity index (χ0v) is 12.6. The predicted molar refractivity (Wildman–Crippen MR) is 85.8 cm³/mol. The molecule has 1 saturated heterocycles. The summed E-state index contributed by atoms with van der Waals surface area (Å²) in [6.45, 7) is 3.43. The third-order valence-electron chi connectivity index (χ3n) is 3.66. The van der Waals surface area contributed by atoms with E-state index < -0.39 is 5.97 Å². The maximum absolute atomic E-state index is 11.2. The van der Waals surface area contributed by atoms with Crippen LogP contribution in [0.2, 0.25) is 0 Å². The number of pyridine rings is 2. The molecule has 7 heteroatoms. The molecule has 3 rings (SSSR count). The zero-order chi connectivity index (χ0) is 16.1. The molecule has 1 aliphatic rings. The maximum Gasteiger partial charge on any atom is 0.339 e. The van der Waals surface area contributed by atoms with E-state index in [9.17, 15) is 9.90 Å². The van der Waals surface area contributed by atoms with Gasteiger partial charge in [0.1, 0.15) is 17.2 Å². The molecule has 0 saturated carbocycles. The van der Waals surface area contributed by atoms with E-state index in [4.69, 9.17) is 4.74 Å². The minimum absolute atomic E-state index is 0.157. The lowest BCUT2D eigenvalue weighted by Crippen LogP contribution is -2.37. The first-order chi connectivity index (χ1) is 11.3. The van der Waals surface area contributed by atoms with Crippen LogP contribution in [0.25, 0.3) is 0 Å². The summed E-state index contributed by atoms with van der Waals surface area (Å²) in [5.41, 5.74) is 1.15. The summed E-state index contributed by atoms with van der Waals surface area (Å²) >= 11 is 0. The summed E-state index contributed by atoms with van der Waals surface area (Å²) in [5, 5.41) is 12.3. The lowest BCUT2D eigenvalue weighted by atomic mass is 10.2. The van der Waals surface area contributed by atoms with E-state index in [2.05, 4.69) is 20.2 Å². The average Bonchev–Trinajstić information content (AvgIpc) is 2.61. The van der Waals surface area contributed by atoms with Gasteiger partial charge in [0, 0.05) is 37.6 Å². The number of ether oxygens (including phenoxy) is 1. The minimum Gasteiger partial charge on any atom is -0.478 e. The van der Waals surface area contributed by atoms with E-state index >= 15 is 0 Å². The molecule has 120 valence electrons. The van der Waals surface area contributed by atoms with Crippen LogP contribution in [0.3, 0.4) is 0 Å². The van der Waals surface area contributed by atoms with Crippen LogP contribution in [-0.4, -0.2) is 47.3 Å². The van der Waals surface area contributed by atoms with Gasteiger partial charge in [-0.2, -0.15) is 0 Å². The SMILES string of the molecule is O=C(O)c1cccnc1NCc1cccnc1N1CCOCC1. The van der Waals surface area contributed by atoms with Crippen molar-refractivity contribution in [1.82, 2.24) is 9.97 Å². The molecule has 7 nitrogen and oxygen atoms in total. The summed E-state index contributed by atoms with van der Waals surface area (Å²) in [5.74, 6) is 0.257. The second-order valence-electron chi connectivity index (χ2n) is 5.14. The van der Waals surface area contributed by atoms with Crippen LogP contribution in [0.5, 0.6) is 0 Å². The summed E-state index contributed by atoms with van der Waals surface area (Å²) in [4.78, 5) is 22.0. The molecule has 0 aliphatic carbocycles. The van der Waals surface area contributed by atoms with E-state index in [1.54, 1.807) is 18.5 Å². The van der Waals surface area contributed by atoms with Crippen LogP contribution in [0.15, 0.2) is 36.7 Å². The van der Waals surface area contributed by atoms with Crippen LogP contribution in [0.1, 0.15) is 15.9 Å². The van der Waals surface area contributed by atoms with Crippen molar-refractivity contribution in [2.75, 3.05) is 36.5 Å². The molecule has 23 heavy (non-hydrogen) atoms. The number of rotatable bonds is 5. The van der Waals surface area contributed by atoms with Gasteiger partial charge in [0.15, 0.2) is 0 Å². The molecule has 0 spiro atoms. The fraction of sp³-hybridized carbons (Fsp3) is 0.312. The summed E-state index contributed by atoms with van der Waals surface area (Å²) in [7, 11) is 0. The van der Waals surface area contributed by atoms with Gasteiger partial charge in [-0.1, -0.05) is 6.07 Å². The fourth-order valence-electron chi connectivity index (χ4n) is 2.53. The molecule has 0 amide bonds. The molecule has 1 fully saturated rings. The molecular weight excluding hydrogens is 296 g/mol. The van der Waals surface area contributed by atoms with Crippen LogP contribution in [0.4, 0.5) is 11.6 Å². The molecule has 0 aromatic carbocycles. The van der Waals surface area contributed by atoms with Gasteiger partial charge in [-0.25, -0.2) is 14.8 Å². The number of hydrogen-bond donors (Lipinski definition) is 2. The van der Waals surface area contributed by atoms with Crippen molar-refractivity contribution >= 4 is 17.6 Å². The Bertz CT molecular complexity index is 687. The molecule has 0 radical (unpaired) electrons. The summed E-state index contributed by atoms with van der Waals surface area (Å²) < 4.78 is 5.37. The van der Waals surface area contributed by atoms with Crippen LogP contribution < -0.4 is 10.2 Å². The summed E-state index contributed by atoms with van der Waals surface area (Å²) in [6.07, 6.45) is 3.33. The quantitative estimate of drug-likeness (QED) is 0.867. The number of carbonyl (C=O) groups is 1. The number of carboxylic acids is 1. The van der Waals surface area contributed by atoms with Crippen LogP contribution in [-0.2, 0) is 11.3 Å². The molecule has 2 aromatic heterocycles. The highest BCUT2D eigenvalue weighted by Gasteiger charge is 2.16. The average molecular weight is 314 g/mol. The first kappa shape index (κ1) is 15.2. The van der Waals surface area contributed by atoms with Crippen molar-refractivity contribution in [3.8, 4) is 0 Å². The molecule has 0 atom stereocenters. The molecular formula is C16H18N4O3. The Hall–Kier alpha value is -2.67. The second kappa shape index (κ2) is 7.06. The number of aromatic carboxylic acids is 1. The van der Waals surface area contributed by atoms with Crippen molar-refractivity contribution in [3.63, 3.8) is 0 Å². The third-order valence-corrected chi connectivity index (χ3v) is 3.66. The van der Waals surface area contributed by atoms with Crippen LogP contribution in [0, 0.1) is 0 Å². The summed E-state index contributed by atoms with van der Waals surface area (Å²) in [6, 6.07) is 6.99. The largest absolute Gasteiger partial charge is 0.478 e. The highest BCUT2D eigenvalue weighted by atomic mass is 16.5. The highest BCUT2D eigenvalue weighted by molar-refractivity contribution is 5.92. The molecule has 0 unspecified atom stereocenters. The minimum atomic E-state index is -1.000. The van der Waals surface area contributed by atoms with E-state index in [0.717, 1.165) is 24.5 Å². The van der Waals surface area contributed by atoms with Crippen molar-refractivity contribution in [1.29, 1.82) is 0 Å². The first-order valence-electron chi connectivity index (χ1n) is 7.44. The number of nitrogens with zero attached hydrogens (tertiary/aromatic N) is 3. The zero-order valence-electron chi connectivity index (χ0n) is 12.6. The first-order valence-corrected chi connectivity index (χ1v) is 7.44. The Morgan fingerprint density at radius 1 is 1.22 bits per heavy atom. The maximum atomic E-state index is 11.2. The van der Waals surface area contributed by atoms with Gasteiger partial charge in [-0.05, 0) is 18.2 Å². The lowest BCUT2D eigenvalue weighted by molar-refractivity contribution is 0.0697. The van der Waals surface area contributed by atoms with Gasteiger partial charge in [0.05, 0.1) is 13.2 Å². The number of morpholine rings is 1. The van der Waals surface area contributed by atoms with Crippen molar-refractivity contribution < 1.29 is 14.6 Å². The monoisotopic (exact) mass is 314 g/mol. The van der Waals surface area contributed by atoms with Gasteiger partial charge in [-0.3, -0.25) is 0 Å². The van der Waals surface area contributed by atoms with Gasteiger partial charge in [-0.15, -0.1) is 0 Å². The van der Waals surface area contributed by atoms with Gasteiger partial charge in [0.25, 0.3) is 0 Å². The Morgan fingerprint density at radius 3 is 2.74 bits per heavy atom. The Kier molecular flexibility index (Phi) is 4.68. The topological polar surface area (TPSA) is 87.6 Å². The number of hydrogen-bond acceptors (Lipinski definition) is 6. The van der Waals surface area contributed by atoms with Gasteiger partial charge >= 0.3 is 5.97 Å². The van der Waals surface area contributed by atoms with E-state index in [0.29, 0.717) is 25.6 Å². The van der Waals surface area contributed by atoms with Gasteiger partial charge < -0.3 is 20.1 Å². The van der Waals surface area contributed by atoms with Crippen molar-refractivity contribution in [3.05, 3.63) is 47.8 Å². The number of aromatic nitrogens is 2. The Labute approximate surface area is 133 Å². The highest BCUT2D eigenvalue weighted by Crippen LogP contribution is 2.20. The predicted octanol–water partition coefficient (Wildman–Crippen LogP) is 1.62. The molecule has 0 bridgehead atoms. The van der Waals surface area contributed by atoms with E-state index in [1.165, 1.54) is 6.07 Å². The fourth-order valence-corrected chi connectivity index (χ4v) is 2.53. The van der Waals surface area contributed by atoms with Crippen molar-refractivity contribution in [2.45, 2.75) is 6.54 Å². The van der Waals surface area contributed by atoms with E-state index in [1.807, 2.05) is 12.1 Å². The lowest BCUT2D eigenvalue weighted by Gasteiger charge is -2.29. The smallest absolute Gasteiger partial charge is 0.339 e. The standard InChI is InChI=1S/C16H18N4O3/c21-16(22)13-4-2-5-17-14(13)19-11-12-3-1-6-18-15(12)20-7-9-23-10-8-20/h1-6H,7-11H2,(H,17,19)(H,21,22). The number of anilines is 2.